The van der Waals surface area contributed by atoms with E-state index in [1.165, 1.54) is 30.3 Å². The Balaban J connectivity index is 1.87. The van der Waals surface area contributed by atoms with E-state index in [0.29, 0.717) is 11.3 Å². The van der Waals surface area contributed by atoms with Gasteiger partial charge in [0.1, 0.15) is 10.7 Å². The molecular weight excluding hydrogens is 438 g/mol. The Morgan fingerprint density at radius 3 is 2.62 bits per heavy atom. The lowest BCUT2D eigenvalue weighted by Gasteiger charge is -2.14. The van der Waals surface area contributed by atoms with Gasteiger partial charge in [-0.25, -0.2) is 0 Å². The van der Waals surface area contributed by atoms with Crippen molar-refractivity contribution in [2.75, 3.05) is 12.5 Å². The fourth-order valence-electron chi connectivity index (χ4n) is 2.76. The van der Waals surface area contributed by atoms with E-state index in [4.69, 9.17) is 21.1 Å². The number of methoxy groups -OCH3 is 1. The molecule has 3 rings (SSSR count). The lowest BCUT2D eigenvalue weighted by molar-refractivity contribution is -0.386. The van der Waals surface area contributed by atoms with Gasteiger partial charge in [-0.1, -0.05) is 29.8 Å². The van der Waals surface area contributed by atoms with Crippen molar-refractivity contribution < 1.29 is 14.4 Å². The normalized spacial score (nSPS) is 11.0. The molecule has 0 spiro atoms. The quantitative estimate of drug-likeness (QED) is 0.308. The summed E-state index contributed by atoms with van der Waals surface area (Å²) in [6.07, 6.45) is 2.40. The van der Waals surface area contributed by atoms with E-state index in [1.807, 2.05) is 6.07 Å². The summed E-state index contributed by atoms with van der Waals surface area (Å²) in [6, 6.07) is 11.7. The highest BCUT2D eigenvalue weighted by atomic mass is 35.5. The van der Waals surface area contributed by atoms with Crippen LogP contribution in [-0.4, -0.2) is 34.1 Å². The van der Waals surface area contributed by atoms with Gasteiger partial charge in [0.15, 0.2) is 5.75 Å². The minimum absolute atomic E-state index is 0.0365. The van der Waals surface area contributed by atoms with E-state index in [1.54, 1.807) is 44.2 Å². The van der Waals surface area contributed by atoms with Crippen molar-refractivity contribution in [1.82, 2.24) is 9.78 Å². The first-order valence-corrected chi connectivity index (χ1v) is 9.85. The molecule has 2 aromatic carbocycles. The van der Waals surface area contributed by atoms with Crippen LogP contribution in [0.1, 0.15) is 19.4 Å². The highest BCUT2D eigenvalue weighted by Crippen LogP contribution is 2.38. The third-order valence-electron chi connectivity index (χ3n) is 4.15. The molecule has 0 saturated carbocycles. The summed E-state index contributed by atoms with van der Waals surface area (Å²) in [4.78, 5) is 23.5. The van der Waals surface area contributed by atoms with E-state index >= 15 is 0 Å². The number of hydrogen-bond donors (Lipinski definition) is 1. The smallest absolute Gasteiger partial charge is 0.315 e. The minimum Gasteiger partial charge on any atom is -0.493 e. The molecule has 166 valence electrons. The lowest BCUT2D eigenvalue weighted by Crippen LogP contribution is -2.22. The zero-order chi connectivity index (χ0) is 23.3. The number of benzene rings is 2. The summed E-state index contributed by atoms with van der Waals surface area (Å²) in [5.41, 5.74) is 2.97. The summed E-state index contributed by atoms with van der Waals surface area (Å²) >= 11 is 6.18. The van der Waals surface area contributed by atoms with Crippen LogP contribution in [0, 0.1) is 10.1 Å². The fourth-order valence-corrected chi connectivity index (χ4v) is 2.94. The van der Waals surface area contributed by atoms with Crippen molar-refractivity contribution in [3.63, 3.8) is 0 Å². The van der Waals surface area contributed by atoms with Gasteiger partial charge in [0, 0.05) is 11.6 Å². The summed E-state index contributed by atoms with van der Waals surface area (Å²) in [5.74, 6) is 0.230. The predicted octanol–water partition coefficient (Wildman–Crippen LogP) is 4.04. The van der Waals surface area contributed by atoms with E-state index in [-0.39, 0.29) is 34.0 Å². The van der Waals surface area contributed by atoms with Gasteiger partial charge in [-0.3, -0.25) is 20.3 Å². The Hall–Kier alpha value is -3.92. The van der Waals surface area contributed by atoms with Crippen molar-refractivity contribution in [3.05, 3.63) is 79.7 Å². The van der Waals surface area contributed by atoms with Crippen molar-refractivity contribution in [2.24, 2.45) is 5.10 Å². The lowest BCUT2D eigenvalue weighted by atomic mass is 10.2. The van der Waals surface area contributed by atoms with E-state index in [0.717, 1.165) is 0 Å². The van der Waals surface area contributed by atoms with Crippen LogP contribution in [0.5, 0.6) is 11.5 Å². The largest absolute Gasteiger partial charge is 0.493 e. The standard InChI is InChI=1S/C21H20ClN5O5/c1-13(2)32-20-17(27(29)30)9-14(10-18(20)31-3)11-23-25-16-12-24-26(21(28)19(16)22)15-7-5-4-6-8-15/h4-13,25H,1-3H3/b23-11-. The SMILES string of the molecule is COc1cc(/C=N\Nc2cnn(-c3ccccc3)c(=O)c2Cl)cc([N+](=O)[O-])c1OC(C)C. The number of hydrazone groups is 1. The molecule has 0 amide bonds. The van der Waals surface area contributed by atoms with Crippen LogP contribution in [0.2, 0.25) is 5.02 Å². The number of para-hydroxylation sites is 1. The van der Waals surface area contributed by atoms with Gasteiger partial charge in [-0.2, -0.15) is 14.9 Å². The number of nitrogens with zero attached hydrogens (tertiary/aromatic N) is 4. The van der Waals surface area contributed by atoms with Gasteiger partial charge in [0.25, 0.3) is 5.56 Å². The molecule has 1 aromatic heterocycles. The van der Waals surface area contributed by atoms with E-state index in [2.05, 4.69) is 15.6 Å². The monoisotopic (exact) mass is 457 g/mol. The number of ether oxygens (including phenoxy) is 2. The molecule has 3 aromatic rings. The first-order chi connectivity index (χ1) is 15.3. The molecule has 1 heterocycles. The molecule has 0 bridgehead atoms. The van der Waals surface area contributed by atoms with Crippen molar-refractivity contribution >= 4 is 29.2 Å². The second-order valence-electron chi connectivity index (χ2n) is 6.79. The molecule has 0 aliphatic carbocycles. The Morgan fingerprint density at radius 1 is 1.28 bits per heavy atom. The van der Waals surface area contributed by atoms with Crippen LogP contribution < -0.4 is 20.5 Å². The molecular formula is C21H20ClN5O5. The van der Waals surface area contributed by atoms with Crippen LogP contribution >= 0.6 is 11.6 Å². The average molecular weight is 458 g/mol. The molecule has 11 heteroatoms. The van der Waals surface area contributed by atoms with Crippen LogP contribution in [0.15, 0.2) is 58.6 Å². The number of halogens is 1. The van der Waals surface area contributed by atoms with Gasteiger partial charge in [-0.05, 0) is 32.0 Å². The maximum absolute atomic E-state index is 12.5. The Labute approximate surface area is 188 Å². The van der Waals surface area contributed by atoms with Crippen molar-refractivity contribution in [2.45, 2.75) is 20.0 Å². The molecule has 0 saturated heterocycles. The van der Waals surface area contributed by atoms with Gasteiger partial charge < -0.3 is 9.47 Å². The summed E-state index contributed by atoms with van der Waals surface area (Å²) < 4.78 is 12.0. The predicted molar refractivity (Wildman–Crippen MR) is 121 cm³/mol. The van der Waals surface area contributed by atoms with Gasteiger partial charge in [0.2, 0.25) is 5.75 Å². The Morgan fingerprint density at radius 2 is 2.00 bits per heavy atom. The summed E-state index contributed by atoms with van der Waals surface area (Å²) in [5, 5.41) is 19.5. The third kappa shape index (κ3) is 5.03. The van der Waals surface area contributed by atoms with Gasteiger partial charge in [-0.15, -0.1) is 0 Å². The number of nitro benzene ring substituents is 1. The summed E-state index contributed by atoms with van der Waals surface area (Å²) in [6.45, 7) is 3.51. The molecule has 0 fully saturated rings. The molecule has 0 unspecified atom stereocenters. The first-order valence-electron chi connectivity index (χ1n) is 9.47. The average Bonchev–Trinajstić information content (AvgIpc) is 2.77. The maximum atomic E-state index is 12.5. The molecule has 0 atom stereocenters. The second kappa shape index (κ2) is 9.92. The highest BCUT2D eigenvalue weighted by molar-refractivity contribution is 6.32. The van der Waals surface area contributed by atoms with E-state index in [9.17, 15) is 14.9 Å². The highest BCUT2D eigenvalue weighted by Gasteiger charge is 2.23. The topological polar surface area (TPSA) is 121 Å². The second-order valence-corrected chi connectivity index (χ2v) is 7.17. The van der Waals surface area contributed by atoms with Gasteiger partial charge in [0.05, 0.1) is 36.2 Å². The minimum atomic E-state index is -0.560. The number of nitro groups is 1. The van der Waals surface area contributed by atoms with Crippen LogP contribution in [0.3, 0.4) is 0 Å². The van der Waals surface area contributed by atoms with Crippen LogP contribution in [0.25, 0.3) is 5.69 Å². The number of nitrogens with one attached hydrogen (secondary N) is 1. The number of aromatic nitrogens is 2. The third-order valence-corrected chi connectivity index (χ3v) is 4.51. The zero-order valence-electron chi connectivity index (χ0n) is 17.5. The molecule has 0 radical (unpaired) electrons. The van der Waals surface area contributed by atoms with Crippen LogP contribution in [0.4, 0.5) is 11.4 Å². The Kier molecular flexibility index (Phi) is 7.06. The Bertz CT molecular complexity index is 1210. The molecule has 0 aliphatic rings. The molecule has 32 heavy (non-hydrogen) atoms. The molecule has 1 N–H and O–H groups in total. The molecule has 10 nitrogen and oxygen atoms in total. The number of hydrogen-bond acceptors (Lipinski definition) is 8. The van der Waals surface area contributed by atoms with E-state index < -0.39 is 10.5 Å². The number of anilines is 1. The van der Waals surface area contributed by atoms with Crippen molar-refractivity contribution in [1.29, 1.82) is 0 Å². The fraction of sp³-hybridized carbons (Fsp3) is 0.190. The maximum Gasteiger partial charge on any atom is 0.315 e. The van der Waals surface area contributed by atoms with Gasteiger partial charge >= 0.3 is 5.69 Å². The van der Waals surface area contributed by atoms with Crippen LogP contribution in [-0.2, 0) is 0 Å². The number of rotatable bonds is 8. The van der Waals surface area contributed by atoms with Crippen molar-refractivity contribution in [3.8, 4) is 17.2 Å². The molecule has 0 aliphatic heterocycles. The summed E-state index contributed by atoms with van der Waals surface area (Å²) in [7, 11) is 1.39. The zero-order valence-corrected chi connectivity index (χ0v) is 18.2. The first kappa shape index (κ1) is 22.8.